The first kappa shape index (κ1) is 13.0. The monoisotopic (exact) mass is 269 g/mol. The Labute approximate surface area is 119 Å². The smallest absolute Gasteiger partial charge is 0.267 e. The number of pyridine rings is 1. The summed E-state index contributed by atoms with van der Waals surface area (Å²) >= 11 is 0. The van der Waals surface area contributed by atoms with E-state index in [1.807, 2.05) is 0 Å². The van der Waals surface area contributed by atoms with E-state index in [0.29, 0.717) is 16.9 Å². The van der Waals surface area contributed by atoms with Gasteiger partial charge in [0, 0.05) is 18.0 Å². The largest absolute Gasteiger partial charge is 0.271 e. The van der Waals surface area contributed by atoms with Gasteiger partial charge in [0.25, 0.3) is 5.91 Å². The number of hydrogen-bond acceptors (Lipinski definition) is 3. The van der Waals surface area contributed by atoms with E-state index in [0.717, 1.165) is 12.3 Å². The predicted octanol–water partition coefficient (Wildman–Crippen LogP) is 2.79. The van der Waals surface area contributed by atoms with Gasteiger partial charge in [0.05, 0.1) is 6.21 Å². The Kier molecular flexibility index (Phi) is 3.16. The molecule has 1 fully saturated rings. The molecule has 1 N–H and O–H groups in total. The number of nitrogens with one attached hydrogen (secondary N) is 1. The molecule has 0 aromatic carbocycles. The molecule has 104 valence electrons. The third kappa shape index (κ3) is 2.15. The number of carbonyl (C=O) groups is 1. The van der Waals surface area contributed by atoms with Crippen LogP contribution < -0.4 is 5.43 Å². The van der Waals surface area contributed by atoms with Crippen LogP contribution in [0.2, 0.25) is 0 Å². The molecule has 0 unspecified atom stereocenters. The Balaban J connectivity index is 1.62. The van der Waals surface area contributed by atoms with Gasteiger partial charge in [0.2, 0.25) is 0 Å². The summed E-state index contributed by atoms with van der Waals surface area (Å²) in [5.74, 6) is 1.20. The van der Waals surface area contributed by atoms with E-state index in [-0.39, 0.29) is 5.91 Å². The fourth-order valence-corrected chi connectivity index (χ4v) is 3.28. The first-order valence-electron chi connectivity index (χ1n) is 7.02. The molecular weight excluding hydrogens is 250 g/mol. The lowest BCUT2D eigenvalue weighted by molar-refractivity contribution is -0.00126. The summed E-state index contributed by atoms with van der Waals surface area (Å²) in [6.07, 6.45) is 9.64. The Morgan fingerprint density at radius 2 is 2.20 bits per heavy atom. The highest BCUT2D eigenvalue weighted by molar-refractivity contribution is 5.94. The zero-order chi connectivity index (χ0) is 14.2. The van der Waals surface area contributed by atoms with Crippen molar-refractivity contribution in [3.63, 3.8) is 0 Å². The van der Waals surface area contributed by atoms with Crippen LogP contribution in [-0.4, -0.2) is 17.1 Å². The van der Waals surface area contributed by atoms with E-state index in [1.54, 1.807) is 30.7 Å². The number of hydrogen-bond donors (Lipinski definition) is 1. The number of rotatable bonds is 3. The van der Waals surface area contributed by atoms with Gasteiger partial charge in [-0.05, 0) is 47.8 Å². The molecule has 2 bridgehead atoms. The van der Waals surface area contributed by atoms with Crippen molar-refractivity contribution in [3.05, 3.63) is 41.7 Å². The predicted molar refractivity (Wildman–Crippen MR) is 78.3 cm³/mol. The molecule has 0 saturated heterocycles. The van der Waals surface area contributed by atoms with Crippen LogP contribution in [0.1, 0.15) is 37.0 Å². The molecule has 0 aliphatic heterocycles. The van der Waals surface area contributed by atoms with E-state index in [4.69, 9.17) is 0 Å². The van der Waals surface area contributed by atoms with Crippen LogP contribution in [0.15, 0.2) is 41.3 Å². The molecular formula is C16H19N3O. The van der Waals surface area contributed by atoms with Crippen molar-refractivity contribution in [2.45, 2.75) is 26.7 Å². The van der Waals surface area contributed by atoms with Crippen LogP contribution in [0.4, 0.5) is 0 Å². The molecule has 2 atom stereocenters. The fourth-order valence-electron chi connectivity index (χ4n) is 3.28. The number of hydrazone groups is 1. The van der Waals surface area contributed by atoms with Gasteiger partial charge in [-0.1, -0.05) is 19.9 Å². The van der Waals surface area contributed by atoms with Gasteiger partial charge in [-0.3, -0.25) is 9.78 Å². The van der Waals surface area contributed by atoms with Gasteiger partial charge in [0.1, 0.15) is 0 Å². The summed E-state index contributed by atoms with van der Waals surface area (Å²) in [6.45, 7) is 4.64. The summed E-state index contributed by atoms with van der Waals surface area (Å²) in [4.78, 5) is 15.7. The minimum Gasteiger partial charge on any atom is -0.267 e. The van der Waals surface area contributed by atoms with Crippen LogP contribution in [0.3, 0.4) is 0 Å². The van der Waals surface area contributed by atoms with Crippen molar-refractivity contribution in [1.82, 2.24) is 10.4 Å². The maximum Gasteiger partial charge on any atom is 0.271 e. The van der Waals surface area contributed by atoms with Gasteiger partial charge >= 0.3 is 0 Å². The standard InChI is InChI=1S/C16H19N3O/c1-16(2)13-4-3-12(14(16)9-13)10-18-19-15(20)11-5-7-17-8-6-11/h3,5-8,10,13-14H,4,9H2,1-2H3,(H,19,20)/b18-10-/t13-,14-/m1/s1. The molecule has 1 aromatic rings. The number of fused-ring (bicyclic) bond motifs is 1. The summed E-state index contributed by atoms with van der Waals surface area (Å²) in [7, 11) is 0. The van der Waals surface area contributed by atoms with Crippen LogP contribution in [0.5, 0.6) is 0 Å². The minimum absolute atomic E-state index is 0.203. The quantitative estimate of drug-likeness (QED) is 0.677. The first-order valence-corrected chi connectivity index (χ1v) is 7.02. The van der Waals surface area contributed by atoms with E-state index >= 15 is 0 Å². The van der Waals surface area contributed by atoms with Gasteiger partial charge < -0.3 is 0 Å². The minimum atomic E-state index is -0.203. The number of amides is 1. The number of nitrogens with zero attached hydrogens (tertiary/aromatic N) is 2. The topological polar surface area (TPSA) is 54.4 Å². The second-order valence-corrected chi connectivity index (χ2v) is 6.18. The second kappa shape index (κ2) is 4.85. The molecule has 1 heterocycles. The van der Waals surface area contributed by atoms with Crippen molar-refractivity contribution < 1.29 is 4.79 Å². The molecule has 4 rings (SSSR count). The molecule has 0 radical (unpaired) electrons. The average molecular weight is 269 g/mol. The second-order valence-electron chi connectivity index (χ2n) is 6.18. The van der Waals surface area contributed by atoms with E-state index < -0.39 is 0 Å². The molecule has 4 nitrogen and oxygen atoms in total. The summed E-state index contributed by atoms with van der Waals surface area (Å²) in [5, 5.41) is 4.10. The molecule has 1 saturated carbocycles. The van der Waals surface area contributed by atoms with Crippen LogP contribution in [0.25, 0.3) is 0 Å². The normalized spacial score (nSPS) is 26.8. The Bertz CT molecular complexity index is 575. The number of allylic oxidation sites excluding steroid dienone is 2. The average Bonchev–Trinajstić information content (AvgIpc) is 2.48. The highest BCUT2D eigenvalue weighted by Gasteiger charge is 2.50. The Morgan fingerprint density at radius 3 is 2.85 bits per heavy atom. The molecule has 0 spiro atoms. The van der Waals surface area contributed by atoms with Crippen molar-refractivity contribution in [1.29, 1.82) is 0 Å². The molecule has 4 heteroatoms. The Hall–Kier alpha value is -1.97. The number of aromatic nitrogens is 1. The Morgan fingerprint density at radius 1 is 1.45 bits per heavy atom. The highest BCUT2D eigenvalue weighted by atomic mass is 16.2. The summed E-state index contributed by atoms with van der Waals surface area (Å²) in [5.41, 5.74) is 4.78. The SMILES string of the molecule is CC1(C)[C@@H]2CC=C(/C=N\NC(=O)c3ccncc3)[C@H]1C2. The van der Waals surface area contributed by atoms with E-state index in [1.165, 1.54) is 12.0 Å². The van der Waals surface area contributed by atoms with E-state index in [9.17, 15) is 4.79 Å². The summed E-state index contributed by atoms with van der Waals surface area (Å²) < 4.78 is 0. The van der Waals surface area contributed by atoms with Crippen LogP contribution >= 0.6 is 0 Å². The first-order chi connectivity index (χ1) is 9.59. The van der Waals surface area contributed by atoms with E-state index in [2.05, 4.69) is 35.4 Å². The third-order valence-electron chi connectivity index (χ3n) is 4.83. The lowest BCUT2D eigenvalue weighted by Crippen LogP contribution is -2.48. The van der Waals surface area contributed by atoms with Crippen molar-refractivity contribution in [2.75, 3.05) is 0 Å². The number of carbonyl (C=O) groups excluding carboxylic acids is 1. The molecule has 3 aliphatic carbocycles. The summed E-state index contributed by atoms with van der Waals surface area (Å²) in [6, 6.07) is 3.34. The van der Waals surface area contributed by atoms with Crippen molar-refractivity contribution >= 4 is 12.1 Å². The lowest BCUT2D eigenvalue weighted by Gasteiger charge is -2.55. The highest BCUT2D eigenvalue weighted by Crippen LogP contribution is 2.58. The van der Waals surface area contributed by atoms with Gasteiger partial charge in [-0.2, -0.15) is 5.10 Å². The lowest BCUT2D eigenvalue weighted by atomic mass is 9.49. The zero-order valence-corrected chi connectivity index (χ0v) is 11.8. The van der Waals surface area contributed by atoms with Crippen LogP contribution in [-0.2, 0) is 0 Å². The molecule has 3 aliphatic rings. The maximum absolute atomic E-state index is 11.8. The van der Waals surface area contributed by atoms with Crippen molar-refractivity contribution in [2.24, 2.45) is 22.4 Å². The third-order valence-corrected chi connectivity index (χ3v) is 4.83. The van der Waals surface area contributed by atoms with Crippen LogP contribution in [0, 0.1) is 17.3 Å². The zero-order valence-electron chi connectivity index (χ0n) is 11.8. The molecule has 20 heavy (non-hydrogen) atoms. The van der Waals surface area contributed by atoms with Gasteiger partial charge in [-0.15, -0.1) is 0 Å². The maximum atomic E-state index is 11.8. The van der Waals surface area contributed by atoms with Gasteiger partial charge in [-0.25, -0.2) is 5.43 Å². The molecule has 1 aromatic heterocycles. The fraction of sp³-hybridized carbons (Fsp3) is 0.438. The van der Waals surface area contributed by atoms with Gasteiger partial charge in [0.15, 0.2) is 0 Å². The van der Waals surface area contributed by atoms with Crippen molar-refractivity contribution in [3.8, 4) is 0 Å². The molecule has 1 amide bonds.